The van der Waals surface area contributed by atoms with Crippen molar-refractivity contribution >= 4 is 11.8 Å². The van der Waals surface area contributed by atoms with Crippen molar-refractivity contribution in [3.8, 4) is 11.1 Å². The van der Waals surface area contributed by atoms with Gasteiger partial charge in [-0.2, -0.15) is 0 Å². The number of ether oxygens (including phenoxy) is 2. The predicted molar refractivity (Wildman–Crippen MR) is 141 cm³/mol. The van der Waals surface area contributed by atoms with Crippen LogP contribution >= 0.6 is 11.8 Å². The quantitative estimate of drug-likeness (QED) is 0.247. The minimum absolute atomic E-state index is 0.0222. The second-order valence-electron chi connectivity index (χ2n) is 8.72. The zero-order valence-corrected chi connectivity index (χ0v) is 20.7. The van der Waals surface area contributed by atoms with E-state index in [4.69, 9.17) is 15.2 Å². The third-order valence-corrected chi connectivity index (χ3v) is 7.24. The van der Waals surface area contributed by atoms with Crippen molar-refractivity contribution in [2.75, 3.05) is 5.75 Å². The van der Waals surface area contributed by atoms with Crippen molar-refractivity contribution in [2.24, 2.45) is 5.73 Å². The van der Waals surface area contributed by atoms with Gasteiger partial charge in [-0.1, -0.05) is 78.5 Å². The molecule has 5 rings (SSSR count). The smallest absolute Gasteiger partial charge is 0.187 e. The van der Waals surface area contributed by atoms with Crippen molar-refractivity contribution in [3.05, 3.63) is 114 Å². The minimum atomic E-state index is -0.493. The summed E-state index contributed by atoms with van der Waals surface area (Å²) in [6.45, 7) is 0.540. The van der Waals surface area contributed by atoms with E-state index in [-0.39, 0.29) is 18.8 Å². The number of rotatable bonds is 8. The van der Waals surface area contributed by atoms with Gasteiger partial charge in [0.25, 0.3) is 0 Å². The van der Waals surface area contributed by atoms with Crippen LogP contribution in [0.25, 0.3) is 11.1 Å². The van der Waals surface area contributed by atoms with E-state index in [0.29, 0.717) is 6.54 Å². The molecule has 0 radical (unpaired) electrons. The van der Waals surface area contributed by atoms with Gasteiger partial charge in [-0.25, -0.2) is 9.97 Å². The highest BCUT2D eigenvalue weighted by atomic mass is 32.2. The summed E-state index contributed by atoms with van der Waals surface area (Å²) in [7, 11) is 0. The van der Waals surface area contributed by atoms with Crippen LogP contribution in [-0.4, -0.2) is 26.9 Å². The van der Waals surface area contributed by atoms with Crippen LogP contribution in [0.2, 0.25) is 0 Å². The van der Waals surface area contributed by atoms with Gasteiger partial charge in [0.2, 0.25) is 0 Å². The first-order valence-corrected chi connectivity index (χ1v) is 13.0. The summed E-state index contributed by atoms with van der Waals surface area (Å²) in [5, 5.41) is 10.1. The van der Waals surface area contributed by atoms with Gasteiger partial charge in [0.15, 0.2) is 11.4 Å². The van der Waals surface area contributed by atoms with E-state index in [1.807, 2.05) is 42.5 Å². The summed E-state index contributed by atoms with van der Waals surface area (Å²) < 4.78 is 12.9. The first-order chi connectivity index (χ1) is 17.7. The van der Waals surface area contributed by atoms with Crippen LogP contribution in [0, 0.1) is 0 Å². The monoisotopic (exact) mass is 499 g/mol. The average Bonchev–Trinajstić information content (AvgIpc) is 2.96. The number of benzene rings is 3. The molecule has 0 aliphatic carbocycles. The van der Waals surface area contributed by atoms with Gasteiger partial charge in [-0.15, -0.1) is 0 Å². The molecule has 0 bridgehead atoms. The van der Waals surface area contributed by atoms with E-state index in [0.717, 1.165) is 50.7 Å². The number of nitrogens with zero attached hydrogens (tertiary/aromatic N) is 2. The summed E-state index contributed by atoms with van der Waals surface area (Å²) in [6.07, 6.45) is 3.56. The molecule has 2 heterocycles. The Morgan fingerprint density at radius 2 is 1.58 bits per heavy atom. The van der Waals surface area contributed by atoms with Gasteiger partial charge >= 0.3 is 0 Å². The fourth-order valence-corrected chi connectivity index (χ4v) is 5.08. The molecule has 4 aromatic rings. The highest BCUT2D eigenvalue weighted by molar-refractivity contribution is 7.99. The molecule has 0 amide bonds. The van der Waals surface area contributed by atoms with E-state index < -0.39 is 6.29 Å². The van der Waals surface area contributed by atoms with Crippen LogP contribution in [0.1, 0.15) is 41.1 Å². The largest absolute Gasteiger partial charge is 0.392 e. The number of thioether (sulfide) groups is 1. The number of hydrogen-bond donors (Lipinski definition) is 2. The maximum absolute atomic E-state index is 9.41. The fourth-order valence-electron chi connectivity index (χ4n) is 4.26. The second kappa shape index (κ2) is 11.8. The molecule has 184 valence electrons. The molecule has 6 nitrogen and oxygen atoms in total. The Labute approximate surface area is 215 Å². The number of hydrogen-bond acceptors (Lipinski definition) is 7. The van der Waals surface area contributed by atoms with E-state index in [1.165, 1.54) is 0 Å². The minimum Gasteiger partial charge on any atom is -0.392 e. The number of aromatic nitrogens is 2. The van der Waals surface area contributed by atoms with Gasteiger partial charge in [0.05, 0.1) is 18.8 Å². The molecule has 3 unspecified atom stereocenters. The lowest BCUT2D eigenvalue weighted by molar-refractivity contribution is -0.245. The van der Waals surface area contributed by atoms with Crippen LogP contribution in [-0.2, 0) is 22.6 Å². The molecule has 1 aliphatic heterocycles. The van der Waals surface area contributed by atoms with Gasteiger partial charge in [-0.3, -0.25) is 0 Å². The SMILES string of the molecule is NCc1cccc(-c2ccc(C3OC(CSc4ncccn4)CC(c4ccc(CO)cc4)O3)cc2)c1. The lowest BCUT2D eigenvalue weighted by Gasteiger charge is -2.36. The summed E-state index contributed by atoms with van der Waals surface area (Å²) in [6, 6.07) is 26.3. The maximum atomic E-state index is 9.41. The molecule has 1 saturated heterocycles. The number of nitrogens with two attached hydrogens (primary N) is 1. The Bertz CT molecular complexity index is 1250. The van der Waals surface area contributed by atoms with Crippen molar-refractivity contribution in [1.29, 1.82) is 0 Å². The van der Waals surface area contributed by atoms with Crippen LogP contribution in [0.5, 0.6) is 0 Å². The fraction of sp³-hybridized carbons (Fsp3) is 0.241. The zero-order valence-electron chi connectivity index (χ0n) is 19.9. The van der Waals surface area contributed by atoms with Crippen molar-refractivity contribution in [3.63, 3.8) is 0 Å². The Morgan fingerprint density at radius 1 is 0.833 bits per heavy atom. The molecule has 3 aromatic carbocycles. The standard InChI is InChI=1S/C29H29N3O3S/c30-17-21-3-1-4-25(15-21)22-9-11-24(12-10-22)28-34-26(19-36-29-31-13-2-14-32-29)16-27(35-28)23-7-5-20(18-33)6-8-23/h1-15,26-28,33H,16-19,30H2. The van der Waals surface area contributed by atoms with Crippen molar-refractivity contribution < 1.29 is 14.6 Å². The van der Waals surface area contributed by atoms with Crippen LogP contribution < -0.4 is 5.73 Å². The van der Waals surface area contributed by atoms with Gasteiger partial charge in [0.1, 0.15) is 0 Å². The Balaban J connectivity index is 1.36. The van der Waals surface area contributed by atoms with E-state index in [2.05, 4.69) is 46.4 Å². The molecular weight excluding hydrogens is 470 g/mol. The highest BCUT2D eigenvalue weighted by Gasteiger charge is 2.32. The lowest BCUT2D eigenvalue weighted by Crippen LogP contribution is -2.31. The van der Waals surface area contributed by atoms with E-state index >= 15 is 0 Å². The van der Waals surface area contributed by atoms with Crippen LogP contribution in [0.4, 0.5) is 0 Å². The average molecular weight is 500 g/mol. The maximum Gasteiger partial charge on any atom is 0.187 e. The van der Waals surface area contributed by atoms with Crippen LogP contribution in [0.15, 0.2) is 96.4 Å². The predicted octanol–water partition coefficient (Wildman–Crippen LogP) is 5.43. The summed E-state index contributed by atoms with van der Waals surface area (Å²) >= 11 is 1.58. The molecule has 36 heavy (non-hydrogen) atoms. The van der Waals surface area contributed by atoms with E-state index in [1.54, 1.807) is 24.2 Å². The summed E-state index contributed by atoms with van der Waals surface area (Å²) in [4.78, 5) is 8.64. The van der Waals surface area contributed by atoms with Crippen LogP contribution in [0.3, 0.4) is 0 Å². The normalized spacial score (nSPS) is 19.8. The Kier molecular flexibility index (Phi) is 8.05. The third kappa shape index (κ3) is 6.00. The zero-order chi connectivity index (χ0) is 24.7. The van der Waals surface area contributed by atoms with Crippen molar-refractivity contribution in [1.82, 2.24) is 9.97 Å². The van der Waals surface area contributed by atoms with Gasteiger partial charge in [0, 0.05) is 36.7 Å². The number of aliphatic hydroxyl groups excluding tert-OH is 1. The molecule has 1 aromatic heterocycles. The Hall–Kier alpha value is -3.07. The summed E-state index contributed by atoms with van der Waals surface area (Å²) in [5.74, 6) is 0.721. The molecule has 1 aliphatic rings. The Morgan fingerprint density at radius 3 is 2.31 bits per heavy atom. The topological polar surface area (TPSA) is 90.5 Å². The molecule has 3 atom stereocenters. The first-order valence-electron chi connectivity index (χ1n) is 12.0. The first kappa shape index (κ1) is 24.6. The lowest BCUT2D eigenvalue weighted by atomic mass is 9.99. The van der Waals surface area contributed by atoms with Crippen molar-refractivity contribution in [2.45, 2.75) is 43.2 Å². The highest BCUT2D eigenvalue weighted by Crippen LogP contribution is 2.39. The molecular formula is C29H29N3O3S. The molecule has 1 fully saturated rings. The third-order valence-electron chi connectivity index (χ3n) is 6.23. The molecule has 7 heteroatoms. The molecule has 0 spiro atoms. The van der Waals surface area contributed by atoms with E-state index in [9.17, 15) is 5.11 Å². The second-order valence-corrected chi connectivity index (χ2v) is 9.71. The van der Waals surface area contributed by atoms with Gasteiger partial charge < -0.3 is 20.3 Å². The van der Waals surface area contributed by atoms with Gasteiger partial charge in [-0.05, 0) is 39.9 Å². The molecule has 3 N–H and O–H groups in total. The summed E-state index contributed by atoms with van der Waals surface area (Å²) in [5.41, 5.74) is 12.1. The molecule has 0 saturated carbocycles. The number of aliphatic hydroxyl groups is 1.